The van der Waals surface area contributed by atoms with E-state index in [1.54, 1.807) is 48.5 Å². The van der Waals surface area contributed by atoms with Crippen LogP contribution < -0.4 is 10.6 Å². The van der Waals surface area contributed by atoms with Crippen molar-refractivity contribution in [2.24, 2.45) is 0 Å². The predicted molar refractivity (Wildman–Crippen MR) is 101 cm³/mol. The fraction of sp³-hybridized carbons (Fsp3) is 0.150. The molecule has 29 heavy (non-hydrogen) atoms. The number of nitrogens with zero attached hydrogens (tertiary/aromatic N) is 2. The van der Waals surface area contributed by atoms with Gasteiger partial charge in [-0.05, 0) is 29.8 Å². The van der Waals surface area contributed by atoms with Crippen molar-refractivity contribution in [1.82, 2.24) is 15.1 Å². The Morgan fingerprint density at radius 2 is 1.52 bits per heavy atom. The Morgan fingerprint density at radius 3 is 2.07 bits per heavy atom. The van der Waals surface area contributed by atoms with E-state index in [-0.39, 0.29) is 30.1 Å². The van der Waals surface area contributed by atoms with Crippen LogP contribution >= 0.6 is 0 Å². The van der Waals surface area contributed by atoms with Crippen molar-refractivity contribution >= 4 is 35.3 Å². The van der Waals surface area contributed by atoms with Gasteiger partial charge < -0.3 is 10.6 Å². The van der Waals surface area contributed by atoms with Gasteiger partial charge in [0.1, 0.15) is 6.54 Å². The highest BCUT2D eigenvalue weighted by Crippen LogP contribution is 2.22. The smallest absolute Gasteiger partial charge is 0.324 e. The molecule has 0 aliphatic carbocycles. The summed E-state index contributed by atoms with van der Waals surface area (Å²) in [4.78, 5) is 62.2. The molecule has 0 unspecified atom stereocenters. The van der Waals surface area contributed by atoms with Crippen molar-refractivity contribution in [3.8, 4) is 0 Å². The zero-order valence-electron chi connectivity index (χ0n) is 15.2. The monoisotopic (exact) mass is 392 g/mol. The van der Waals surface area contributed by atoms with Crippen molar-refractivity contribution in [3.05, 3.63) is 65.2 Å². The van der Waals surface area contributed by atoms with Gasteiger partial charge in [-0.1, -0.05) is 24.3 Å². The topological polar surface area (TPSA) is 116 Å². The maximum Gasteiger partial charge on any atom is 0.324 e. The second-order valence-electron chi connectivity index (χ2n) is 6.63. The Morgan fingerprint density at radius 1 is 0.897 bits per heavy atom. The van der Waals surface area contributed by atoms with Gasteiger partial charge in [0.05, 0.1) is 24.2 Å². The number of amides is 6. The third-order valence-electron chi connectivity index (χ3n) is 4.70. The fourth-order valence-corrected chi connectivity index (χ4v) is 3.22. The van der Waals surface area contributed by atoms with E-state index in [4.69, 9.17) is 0 Å². The van der Waals surface area contributed by atoms with Crippen molar-refractivity contribution in [2.45, 2.75) is 6.54 Å². The zero-order valence-corrected chi connectivity index (χ0v) is 15.2. The maximum absolute atomic E-state index is 12.3. The van der Waals surface area contributed by atoms with Crippen LogP contribution in [0.3, 0.4) is 0 Å². The summed E-state index contributed by atoms with van der Waals surface area (Å²) in [5.74, 6) is -1.80. The molecule has 2 aromatic rings. The lowest BCUT2D eigenvalue weighted by molar-refractivity contribution is -0.125. The Balaban J connectivity index is 1.37. The zero-order chi connectivity index (χ0) is 20.5. The van der Waals surface area contributed by atoms with Gasteiger partial charge in [-0.25, -0.2) is 4.79 Å². The lowest BCUT2D eigenvalue weighted by Gasteiger charge is -2.14. The number of anilines is 1. The quantitative estimate of drug-likeness (QED) is 0.581. The average Bonchev–Trinajstić information content (AvgIpc) is 3.15. The molecule has 0 bridgehead atoms. The minimum atomic E-state index is -0.513. The highest BCUT2D eigenvalue weighted by atomic mass is 16.2. The van der Waals surface area contributed by atoms with Crippen molar-refractivity contribution < 1.29 is 24.0 Å². The summed E-state index contributed by atoms with van der Waals surface area (Å²) in [7, 11) is 0. The molecule has 2 aromatic carbocycles. The van der Waals surface area contributed by atoms with Crippen LogP contribution in [0.25, 0.3) is 0 Å². The van der Waals surface area contributed by atoms with E-state index in [9.17, 15) is 24.0 Å². The van der Waals surface area contributed by atoms with Crippen LogP contribution in [0.2, 0.25) is 0 Å². The lowest BCUT2D eigenvalue weighted by atomic mass is 10.1. The van der Waals surface area contributed by atoms with E-state index in [1.807, 2.05) is 0 Å². The van der Waals surface area contributed by atoms with Crippen LogP contribution in [0.5, 0.6) is 0 Å². The van der Waals surface area contributed by atoms with E-state index in [1.165, 1.54) is 0 Å². The Labute approximate surface area is 165 Å². The van der Waals surface area contributed by atoms with Crippen LogP contribution in [0.1, 0.15) is 26.3 Å². The second kappa shape index (κ2) is 7.19. The fourth-order valence-electron chi connectivity index (χ4n) is 3.22. The number of nitrogens with one attached hydrogen (secondary N) is 2. The highest BCUT2D eigenvalue weighted by Gasteiger charge is 2.36. The third kappa shape index (κ3) is 3.45. The van der Waals surface area contributed by atoms with Gasteiger partial charge in [-0.15, -0.1) is 0 Å². The summed E-state index contributed by atoms with van der Waals surface area (Å²) in [6, 6.07) is 12.6. The molecule has 1 fully saturated rings. The summed E-state index contributed by atoms with van der Waals surface area (Å²) in [6.45, 7) is -0.269. The van der Waals surface area contributed by atoms with Gasteiger partial charge in [-0.2, -0.15) is 0 Å². The first-order chi connectivity index (χ1) is 13.9. The van der Waals surface area contributed by atoms with Gasteiger partial charge in [0, 0.05) is 5.69 Å². The first kappa shape index (κ1) is 18.4. The van der Waals surface area contributed by atoms with Crippen LogP contribution in [0.15, 0.2) is 48.5 Å². The molecule has 1 saturated heterocycles. The number of benzene rings is 2. The Kier molecular flexibility index (Phi) is 4.55. The summed E-state index contributed by atoms with van der Waals surface area (Å²) < 4.78 is 0. The first-order valence-electron chi connectivity index (χ1n) is 8.86. The van der Waals surface area contributed by atoms with Gasteiger partial charge in [-0.3, -0.25) is 29.0 Å². The molecular formula is C20H16N4O5. The predicted octanol–water partition coefficient (Wildman–Crippen LogP) is 0.973. The summed E-state index contributed by atoms with van der Waals surface area (Å²) in [5.41, 5.74) is 1.76. The molecule has 2 aliphatic rings. The number of hydrogen-bond donors (Lipinski definition) is 2. The lowest BCUT2D eigenvalue weighted by Crippen LogP contribution is -2.37. The van der Waals surface area contributed by atoms with Crippen LogP contribution in [0.4, 0.5) is 10.5 Å². The molecule has 0 spiro atoms. The largest absolute Gasteiger partial charge is 0.329 e. The molecule has 0 aromatic heterocycles. The van der Waals surface area contributed by atoms with E-state index in [0.717, 1.165) is 9.80 Å². The molecule has 0 radical (unpaired) electrons. The molecule has 6 amide bonds. The van der Waals surface area contributed by atoms with Crippen LogP contribution in [0, 0.1) is 0 Å². The van der Waals surface area contributed by atoms with E-state index < -0.39 is 30.3 Å². The van der Waals surface area contributed by atoms with E-state index >= 15 is 0 Å². The number of carbonyl (C=O) groups excluding carboxylic acids is 5. The summed E-state index contributed by atoms with van der Waals surface area (Å²) in [5, 5.41) is 5.08. The normalized spacial score (nSPS) is 15.6. The van der Waals surface area contributed by atoms with Gasteiger partial charge in [0.15, 0.2) is 0 Å². The summed E-state index contributed by atoms with van der Waals surface area (Å²) >= 11 is 0. The van der Waals surface area contributed by atoms with Gasteiger partial charge >= 0.3 is 6.03 Å². The van der Waals surface area contributed by atoms with Gasteiger partial charge in [0.25, 0.3) is 11.8 Å². The standard InChI is InChI=1S/C20H16N4O5/c25-16(11-24-18(27)14-3-1-2-4-15(14)19(24)28)22-13-7-5-12(6-8-13)10-23-17(26)9-21-20(23)29/h1-8H,9-11H2,(H,21,29)(H,22,25). The molecule has 2 aliphatic heterocycles. The third-order valence-corrected chi connectivity index (χ3v) is 4.70. The molecule has 0 saturated carbocycles. The summed E-state index contributed by atoms with van der Waals surface area (Å²) in [6.07, 6.45) is 0. The number of fused-ring (bicyclic) bond motifs is 1. The number of imide groups is 2. The number of rotatable bonds is 5. The second-order valence-corrected chi connectivity index (χ2v) is 6.63. The highest BCUT2D eigenvalue weighted by molar-refractivity contribution is 6.22. The molecule has 146 valence electrons. The molecule has 2 N–H and O–H groups in total. The molecule has 0 atom stereocenters. The number of hydrogen-bond acceptors (Lipinski definition) is 5. The van der Waals surface area contributed by atoms with Crippen LogP contribution in [-0.4, -0.2) is 52.5 Å². The SMILES string of the molecule is O=C(CN1C(=O)c2ccccc2C1=O)Nc1ccc(CN2C(=O)CNC2=O)cc1. The molecule has 4 rings (SSSR count). The van der Waals surface area contributed by atoms with Crippen molar-refractivity contribution in [1.29, 1.82) is 0 Å². The van der Waals surface area contributed by atoms with Gasteiger partial charge in [0.2, 0.25) is 11.8 Å². The first-order valence-corrected chi connectivity index (χ1v) is 8.86. The molecule has 9 nitrogen and oxygen atoms in total. The van der Waals surface area contributed by atoms with Crippen molar-refractivity contribution in [3.63, 3.8) is 0 Å². The van der Waals surface area contributed by atoms with Crippen molar-refractivity contribution in [2.75, 3.05) is 18.4 Å². The van der Waals surface area contributed by atoms with E-state index in [2.05, 4.69) is 10.6 Å². The van der Waals surface area contributed by atoms with E-state index in [0.29, 0.717) is 11.3 Å². The minimum absolute atomic E-state index is 0.00914. The molecule has 9 heteroatoms. The Bertz CT molecular complexity index is 996. The Hall–Kier alpha value is -4.01. The minimum Gasteiger partial charge on any atom is -0.329 e. The molecular weight excluding hydrogens is 376 g/mol. The van der Waals surface area contributed by atoms with Crippen LogP contribution in [-0.2, 0) is 16.1 Å². The maximum atomic E-state index is 12.3. The molecule has 2 heterocycles. The number of carbonyl (C=O) groups is 5. The average molecular weight is 392 g/mol. The number of urea groups is 1.